The van der Waals surface area contributed by atoms with Crippen molar-refractivity contribution in [3.05, 3.63) is 28.5 Å². The fourth-order valence-corrected chi connectivity index (χ4v) is 3.44. The molecular weight excluding hydrogens is 321 g/mol. The van der Waals surface area contributed by atoms with Crippen molar-refractivity contribution in [2.24, 2.45) is 17.8 Å². The molecule has 3 atom stereocenters. The molecule has 0 heterocycles. The van der Waals surface area contributed by atoms with E-state index in [1.807, 2.05) is 0 Å². The Balaban J connectivity index is 1.62. The van der Waals surface area contributed by atoms with Crippen molar-refractivity contribution in [3.8, 4) is 5.75 Å². The van der Waals surface area contributed by atoms with E-state index in [0.717, 1.165) is 12.1 Å². The van der Waals surface area contributed by atoms with Gasteiger partial charge in [0.1, 0.15) is 11.6 Å². The first kappa shape index (κ1) is 15.5. The van der Waals surface area contributed by atoms with E-state index in [-0.39, 0.29) is 23.3 Å². The monoisotopic (exact) mass is 333 g/mol. The number of fused-ring (bicyclic) bond motifs is 1. The average Bonchev–Trinajstić information content (AvgIpc) is 3.00. The molecule has 0 bridgehead atoms. The Hall–Kier alpha value is -1.43. The van der Waals surface area contributed by atoms with Crippen molar-refractivity contribution in [2.75, 3.05) is 6.61 Å². The molecule has 0 radical (unpaired) electrons. The molecule has 0 spiro atoms. The van der Waals surface area contributed by atoms with Crippen LogP contribution in [0.1, 0.15) is 29.6 Å². The summed E-state index contributed by atoms with van der Waals surface area (Å²) in [4.78, 5) is 10.7. The van der Waals surface area contributed by atoms with Gasteiger partial charge in [0.2, 0.25) is 0 Å². The van der Waals surface area contributed by atoms with Crippen LogP contribution in [-0.2, 0) is 0 Å². The van der Waals surface area contributed by atoms with Crippen LogP contribution in [0, 0.1) is 23.6 Å². The molecule has 0 saturated heterocycles. The molecule has 22 heavy (non-hydrogen) atoms. The predicted molar refractivity (Wildman–Crippen MR) is 70.5 cm³/mol. The summed E-state index contributed by atoms with van der Waals surface area (Å²) in [6.07, 6.45) is 1.49. The quantitative estimate of drug-likeness (QED) is 0.851. The minimum absolute atomic E-state index is 0.00819. The Bertz CT molecular complexity index is 620. The molecule has 2 aliphatic carbocycles. The minimum atomic E-state index is -2.55. The largest absolute Gasteiger partial charge is 0.545 e. The number of hydrogen-bond donors (Lipinski definition) is 0. The van der Waals surface area contributed by atoms with Crippen molar-refractivity contribution in [2.45, 2.75) is 25.2 Å². The van der Waals surface area contributed by atoms with Crippen LogP contribution in [0.15, 0.2) is 12.1 Å². The van der Waals surface area contributed by atoms with Crippen LogP contribution in [0.2, 0.25) is 5.02 Å². The lowest BCUT2D eigenvalue weighted by atomic mass is 9.90. The summed E-state index contributed by atoms with van der Waals surface area (Å²) in [5.74, 6) is -6.30. The number of alkyl halides is 2. The van der Waals surface area contributed by atoms with Gasteiger partial charge in [-0.05, 0) is 31.2 Å². The second kappa shape index (κ2) is 5.33. The SMILES string of the molecule is O=C([O-])c1cc(Cl)c(OCC2CCC3C(C2)C3(F)F)cc1F. The van der Waals surface area contributed by atoms with Crippen molar-refractivity contribution in [3.63, 3.8) is 0 Å². The Morgan fingerprint density at radius 2 is 2.09 bits per heavy atom. The van der Waals surface area contributed by atoms with Crippen LogP contribution < -0.4 is 9.84 Å². The first-order valence-electron chi connectivity index (χ1n) is 7.01. The smallest absolute Gasteiger partial charge is 0.254 e. The van der Waals surface area contributed by atoms with Gasteiger partial charge in [-0.15, -0.1) is 0 Å². The molecule has 0 N–H and O–H groups in total. The molecule has 0 amide bonds. The second-order valence-electron chi connectivity index (χ2n) is 5.93. The van der Waals surface area contributed by atoms with E-state index < -0.39 is 35.1 Å². The van der Waals surface area contributed by atoms with Crippen molar-refractivity contribution in [1.29, 1.82) is 0 Å². The summed E-state index contributed by atoms with van der Waals surface area (Å²) in [5, 5.41) is 10.6. The third-order valence-corrected chi connectivity index (χ3v) is 4.85. The molecule has 0 aliphatic heterocycles. The summed E-state index contributed by atoms with van der Waals surface area (Å²) in [5.41, 5.74) is -0.643. The number of carboxylic acid groups (broad SMARTS) is 1. The van der Waals surface area contributed by atoms with E-state index in [2.05, 4.69) is 0 Å². The average molecular weight is 334 g/mol. The number of ether oxygens (including phenoxy) is 1. The lowest BCUT2D eigenvalue weighted by Gasteiger charge is -2.21. The molecule has 7 heteroatoms. The number of carbonyl (C=O) groups excluding carboxylic acids is 1. The molecule has 2 aliphatic rings. The molecule has 3 rings (SSSR count). The second-order valence-corrected chi connectivity index (χ2v) is 6.33. The Kier molecular flexibility index (Phi) is 3.75. The zero-order chi connectivity index (χ0) is 16.1. The van der Waals surface area contributed by atoms with E-state index in [1.54, 1.807) is 0 Å². The highest BCUT2D eigenvalue weighted by Crippen LogP contribution is 2.63. The molecule has 2 saturated carbocycles. The van der Waals surface area contributed by atoms with Crippen molar-refractivity contribution < 1.29 is 27.8 Å². The summed E-state index contributed by atoms with van der Waals surface area (Å²) < 4.78 is 45.6. The highest BCUT2D eigenvalue weighted by atomic mass is 35.5. The first-order chi connectivity index (χ1) is 10.3. The van der Waals surface area contributed by atoms with E-state index in [0.29, 0.717) is 19.3 Å². The van der Waals surface area contributed by atoms with E-state index in [4.69, 9.17) is 16.3 Å². The maximum Gasteiger partial charge on any atom is 0.254 e. The highest BCUT2D eigenvalue weighted by molar-refractivity contribution is 6.32. The Morgan fingerprint density at radius 3 is 2.73 bits per heavy atom. The third kappa shape index (κ3) is 2.64. The van der Waals surface area contributed by atoms with Gasteiger partial charge in [0.25, 0.3) is 5.92 Å². The van der Waals surface area contributed by atoms with Gasteiger partial charge in [0.05, 0.1) is 17.6 Å². The number of carbonyl (C=O) groups is 1. The fourth-order valence-electron chi connectivity index (χ4n) is 3.22. The summed E-state index contributed by atoms with van der Waals surface area (Å²) in [7, 11) is 0. The molecule has 1 aromatic rings. The van der Waals surface area contributed by atoms with Gasteiger partial charge < -0.3 is 14.6 Å². The van der Waals surface area contributed by atoms with Gasteiger partial charge >= 0.3 is 0 Å². The minimum Gasteiger partial charge on any atom is -0.545 e. The first-order valence-corrected chi connectivity index (χ1v) is 7.39. The topological polar surface area (TPSA) is 49.4 Å². The van der Waals surface area contributed by atoms with Crippen molar-refractivity contribution >= 4 is 17.6 Å². The number of benzene rings is 1. The summed E-state index contributed by atoms with van der Waals surface area (Å²) >= 11 is 5.84. The lowest BCUT2D eigenvalue weighted by Crippen LogP contribution is -2.23. The van der Waals surface area contributed by atoms with E-state index in [9.17, 15) is 23.1 Å². The van der Waals surface area contributed by atoms with Crippen LogP contribution in [0.3, 0.4) is 0 Å². The van der Waals surface area contributed by atoms with Crippen LogP contribution >= 0.6 is 11.6 Å². The molecule has 3 unspecified atom stereocenters. The Labute approximate surface area is 130 Å². The molecule has 2 fully saturated rings. The predicted octanol–water partition coefficient (Wildman–Crippen LogP) is 2.90. The number of halogens is 4. The zero-order valence-electron chi connectivity index (χ0n) is 11.5. The number of rotatable bonds is 4. The van der Waals surface area contributed by atoms with Crippen LogP contribution in [0.5, 0.6) is 5.75 Å². The lowest BCUT2D eigenvalue weighted by molar-refractivity contribution is -0.255. The fraction of sp³-hybridized carbons (Fsp3) is 0.533. The van der Waals surface area contributed by atoms with Gasteiger partial charge in [-0.1, -0.05) is 11.6 Å². The van der Waals surface area contributed by atoms with Crippen LogP contribution in [-0.4, -0.2) is 18.5 Å². The Morgan fingerprint density at radius 1 is 1.36 bits per heavy atom. The molecule has 1 aromatic carbocycles. The zero-order valence-corrected chi connectivity index (χ0v) is 12.2. The van der Waals surface area contributed by atoms with Crippen molar-refractivity contribution in [1.82, 2.24) is 0 Å². The molecule has 120 valence electrons. The highest BCUT2D eigenvalue weighted by Gasteiger charge is 2.68. The van der Waals surface area contributed by atoms with Gasteiger partial charge in [0, 0.05) is 23.5 Å². The van der Waals surface area contributed by atoms with E-state index in [1.165, 1.54) is 0 Å². The maximum absolute atomic E-state index is 13.6. The molecule has 3 nitrogen and oxygen atoms in total. The third-order valence-electron chi connectivity index (χ3n) is 4.55. The van der Waals surface area contributed by atoms with Crippen LogP contribution in [0.25, 0.3) is 0 Å². The maximum atomic E-state index is 13.6. The summed E-state index contributed by atoms with van der Waals surface area (Å²) in [6, 6.07) is 1.80. The van der Waals surface area contributed by atoms with E-state index >= 15 is 0 Å². The normalized spacial score (nSPS) is 28.8. The van der Waals surface area contributed by atoms with Gasteiger partial charge in [-0.2, -0.15) is 0 Å². The van der Waals surface area contributed by atoms with Gasteiger partial charge in [-0.3, -0.25) is 0 Å². The molecular formula is C15H13ClF3O3-. The van der Waals surface area contributed by atoms with Crippen LogP contribution in [0.4, 0.5) is 13.2 Å². The van der Waals surface area contributed by atoms with Gasteiger partial charge in [-0.25, -0.2) is 13.2 Å². The summed E-state index contributed by atoms with van der Waals surface area (Å²) in [6.45, 7) is 0.156. The number of aromatic carboxylic acids is 1. The number of hydrogen-bond acceptors (Lipinski definition) is 3. The number of carboxylic acids is 1. The molecule has 0 aromatic heterocycles. The standard InChI is InChI=1S/C15H14ClF3O3/c16-11-4-8(14(20)21)12(17)5-13(11)22-6-7-1-2-9-10(3-7)15(9,18)19/h4-5,7,9-10H,1-3,6H2,(H,20,21)/p-1. The van der Waals surface area contributed by atoms with Gasteiger partial charge in [0.15, 0.2) is 0 Å².